The van der Waals surface area contributed by atoms with Gasteiger partial charge < -0.3 is 10.2 Å². The van der Waals surface area contributed by atoms with Crippen molar-refractivity contribution in [2.24, 2.45) is 0 Å². The lowest BCUT2D eigenvalue weighted by molar-refractivity contribution is -0.139. The first-order valence-corrected chi connectivity index (χ1v) is 15.4. The van der Waals surface area contributed by atoms with Crippen molar-refractivity contribution in [3.8, 4) is 0 Å². The van der Waals surface area contributed by atoms with Gasteiger partial charge in [0.25, 0.3) is 10.0 Å². The number of hydrogen-bond donors (Lipinski definition) is 1. The smallest absolute Gasteiger partial charge is 0.264 e. The summed E-state index contributed by atoms with van der Waals surface area (Å²) in [6, 6.07) is 25.6. The Kier molecular flexibility index (Phi) is 9.98. The van der Waals surface area contributed by atoms with Crippen LogP contribution >= 0.6 is 0 Å². The largest absolute Gasteiger partial charge is 0.357 e. The molecule has 4 rings (SSSR count). The predicted molar refractivity (Wildman–Crippen MR) is 167 cm³/mol. The average molecular weight is 602 g/mol. The molecule has 0 aliphatic carbocycles. The molecule has 0 aliphatic heterocycles. The fraction of sp³-hybridized carbons (Fsp3) is 0.235. The van der Waals surface area contributed by atoms with E-state index in [0.29, 0.717) is 11.3 Å². The van der Waals surface area contributed by atoms with Crippen LogP contribution in [0.4, 0.5) is 10.1 Å². The molecule has 0 aliphatic rings. The number of rotatable bonds is 11. The second-order valence-electron chi connectivity index (χ2n) is 10.6. The molecule has 1 N–H and O–H groups in total. The summed E-state index contributed by atoms with van der Waals surface area (Å²) in [4.78, 5) is 29.0. The topological polar surface area (TPSA) is 86.8 Å². The van der Waals surface area contributed by atoms with E-state index in [9.17, 15) is 22.4 Å². The summed E-state index contributed by atoms with van der Waals surface area (Å²) in [5.41, 5.74) is 4.49. The molecule has 0 spiro atoms. The normalized spacial score (nSPS) is 11.9. The highest BCUT2D eigenvalue weighted by Gasteiger charge is 2.34. The average Bonchev–Trinajstić information content (AvgIpc) is 3.00. The third kappa shape index (κ3) is 7.67. The minimum atomic E-state index is -4.18. The molecule has 224 valence electrons. The standard InChI is InChI=1S/C34H36FN3O4S/c1-24-10-18-31(19-11-24)43(41,42)38(30-17-12-25(2)26(3)20-30)23-33(39)37(22-28-13-15-29(35)16-14-28)32(34(40)36-4)21-27-8-6-5-7-9-27/h5-20,32H,21-23H2,1-4H3,(H,36,40). The maximum absolute atomic E-state index is 14.3. The van der Waals surface area contributed by atoms with E-state index in [2.05, 4.69) is 5.32 Å². The minimum Gasteiger partial charge on any atom is -0.357 e. The lowest BCUT2D eigenvalue weighted by atomic mass is 10.0. The van der Waals surface area contributed by atoms with Crippen LogP contribution < -0.4 is 9.62 Å². The van der Waals surface area contributed by atoms with E-state index in [1.165, 1.54) is 36.2 Å². The molecule has 0 heterocycles. The number of amides is 2. The van der Waals surface area contributed by atoms with E-state index >= 15 is 0 Å². The summed E-state index contributed by atoms with van der Waals surface area (Å²) in [6.07, 6.45) is 0.196. The van der Waals surface area contributed by atoms with Crippen molar-refractivity contribution < 1.29 is 22.4 Å². The number of halogens is 1. The molecule has 0 saturated heterocycles. The monoisotopic (exact) mass is 601 g/mol. The summed E-state index contributed by atoms with van der Waals surface area (Å²) in [6.45, 7) is 5.07. The van der Waals surface area contributed by atoms with Gasteiger partial charge in [-0.3, -0.25) is 13.9 Å². The van der Waals surface area contributed by atoms with Gasteiger partial charge in [0.05, 0.1) is 10.6 Å². The molecule has 0 saturated carbocycles. The van der Waals surface area contributed by atoms with Gasteiger partial charge in [-0.25, -0.2) is 12.8 Å². The maximum Gasteiger partial charge on any atom is 0.264 e. The van der Waals surface area contributed by atoms with Crippen molar-refractivity contribution in [1.82, 2.24) is 10.2 Å². The summed E-state index contributed by atoms with van der Waals surface area (Å²) >= 11 is 0. The Bertz CT molecular complexity index is 1680. The Morgan fingerprint density at radius 2 is 1.47 bits per heavy atom. The van der Waals surface area contributed by atoms with Gasteiger partial charge in [-0.15, -0.1) is 0 Å². The number of benzene rings is 4. The quantitative estimate of drug-likeness (QED) is 0.252. The van der Waals surface area contributed by atoms with Gasteiger partial charge in [0.2, 0.25) is 11.8 Å². The highest BCUT2D eigenvalue weighted by molar-refractivity contribution is 7.92. The first kappa shape index (κ1) is 31.4. The zero-order valence-corrected chi connectivity index (χ0v) is 25.6. The molecule has 43 heavy (non-hydrogen) atoms. The SMILES string of the molecule is CNC(=O)C(Cc1ccccc1)N(Cc1ccc(F)cc1)C(=O)CN(c1ccc(C)c(C)c1)S(=O)(=O)c1ccc(C)cc1. The zero-order chi connectivity index (χ0) is 31.1. The van der Waals surface area contributed by atoms with Crippen LogP contribution in [0.5, 0.6) is 0 Å². The van der Waals surface area contributed by atoms with Gasteiger partial charge in [-0.1, -0.05) is 66.2 Å². The molecule has 9 heteroatoms. The number of hydrogen-bond acceptors (Lipinski definition) is 4. The summed E-state index contributed by atoms with van der Waals surface area (Å²) in [5, 5.41) is 2.65. The van der Waals surface area contributed by atoms with E-state index < -0.39 is 40.2 Å². The van der Waals surface area contributed by atoms with E-state index in [1.54, 1.807) is 36.4 Å². The van der Waals surface area contributed by atoms with Crippen LogP contribution in [0.25, 0.3) is 0 Å². The Labute approximate surface area is 253 Å². The van der Waals surface area contributed by atoms with Gasteiger partial charge in [-0.2, -0.15) is 0 Å². The molecule has 0 radical (unpaired) electrons. The van der Waals surface area contributed by atoms with Crippen LogP contribution in [0.1, 0.15) is 27.8 Å². The molecule has 0 bridgehead atoms. The van der Waals surface area contributed by atoms with E-state index in [1.807, 2.05) is 57.2 Å². The lowest BCUT2D eigenvalue weighted by Gasteiger charge is -2.33. The van der Waals surface area contributed by atoms with Crippen LogP contribution in [0.15, 0.2) is 102 Å². The Morgan fingerprint density at radius 1 is 0.814 bits per heavy atom. The number of nitrogens with zero attached hydrogens (tertiary/aromatic N) is 2. The van der Waals surface area contributed by atoms with E-state index in [0.717, 1.165) is 26.6 Å². The van der Waals surface area contributed by atoms with Gasteiger partial charge in [0.15, 0.2) is 0 Å². The highest BCUT2D eigenvalue weighted by Crippen LogP contribution is 2.27. The van der Waals surface area contributed by atoms with E-state index in [4.69, 9.17) is 0 Å². The second-order valence-corrected chi connectivity index (χ2v) is 12.4. The third-order valence-corrected chi connectivity index (χ3v) is 9.24. The molecular formula is C34H36FN3O4S. The van der Waals surface area contributed by atoms with Crippen LogP contribution in [-0.2, 0) is 32.6 Å². The molecule has 4 aromatic carbocycles. The fourth-order valence-corrected chi connectivity index (χ4v) is 6.16. The molecule has 4 aromatic rings. The van der Waals surface area contributed by atoms with Gasteiger partial charge in [0.1, 0.15) is 18.4 Å². The van der Waals surface area contributed by atoms with Crippen LogP contribution in [0, 0.1) is 26.6 Å². The molecule has 7 nitrogen and oxygen atoms in total. The predicted octanol–water partition coefficient (Wildman–Crippen LogP) is 5.33. The fourth-order valence-electron chi connectivity index (χ4n) is 4.75. The van der Waals surface area contributed by atoms with Crippen molar-refractivity contribution in [3.63, 3.8) is 0 Å². The molecule has 1 unspecified atom stereocenters. The summed E-state index contributed by atoms with van der Waals surface area (Å²) in [5.74, 6) is -1.42. The van der Waals surface area contributed by atoms with Crippen LogP contribution in [0.2, 0.25) is 0 Å². The van der Waals surface area contributed by atoms with Crippen LogP contribution in [-0.4, -0.2) is 44.8 Å². The number of nitrogens with one attached hydrogen (secondary N) is 1. The van der Waals surface area contributed by atoms with Gasteiger partial charge >= 0.3 is 0 Å². The van der Waals surface area contributed by atoms with Gasteiger partial charge in [-0.05, 0) is 79.4 Å². The second kappa shape index (κ2) is 13.6. The Balaban J connectivity index is 1.80. The molecule has 0 fully saturated rings. The molecule has 0 aromatic heterocycles. The summed E-state index contributed by atoms with van der Waals surface area (Å²) < 4.78 is 43.0. The van der Waals surface area contributed by atoms with Crippen molar-refractivity contribution in [3.05, 3.63) is 131 Å². The maximum atomic E-state index is 14.3. The Morgan fingerprint density at radius 3 is 2.07 bits per heavy atom. The first-order chi connectivity index (χ1) is 20.5. The van der Waals surface area contributed by atoms with Crippen molar-refractivity contribution in [2.75, 3.05) is 17.9 Å². The summed E-state index contributed by atoms with van der Waals surface area (Å²) in [7, 11) is -2.69. The molecule has 1 atom stereocenters. The number of aryl methyl sites for hydroxylation is 3. The van der Waals surface area contributed by atoms with Crippen molar-refractivity contribution in [2.45, 2.75) is 44.7 Å². The lowest BCUT2D eigenvalue weighted by Crippen LogP contribution is -2.53. The number of carbonyl (C=O) groups is 2. The van der Waals surface area contributed by atoms with Crippen molar-refractivity contribution >= 4 is 27.5 Å². The van der Waals surface area contributed by atoms with Gasteiger partial charge in [0, 0.05) is 20.0 Å². The highest BCUT2D eigenvalue weighted by atomic mass is 32.2. The first-order valence-electron chi connectivity index (χ1n) is 14.0. The van der Waals surface area contributed by atoms with E-state index in [-0.39, 0.29) is 17.9 Å². The molecular weight excluding hydrogens is 565 g/mol. The number of likely N-dealkylation sites (N-methyl/N-ethyl adjacent to an activating group) is 1. The number of anilines is 1. The number of carbonyl (C=O) groups excluding carboxylic acids is 2. The van der Waals surface area contributed by atoms with Crippen molar-refractivity contribution in [1.29, 1.82) is 0 Å². The zero-order valence-electron chi connectivity index (χ0n) is 24.7. The van der Waals surface area contributed by atoms with Crippen LogP contribution in [0.3, 0.4) is 0 Å². The molecule has 2 amide bonds. The number of sulfonamides is 1. The minimum absolute atomic E-state index is 0.0324. The third-order valence-electron chi connectivity index (χ3n) is 7.45. The Hall–Kier alpha value is -4.50.